The molecule has 6 N–H and O–H groups in total. The van der Waals surface area contributed by atoms with Crippen molar-refractivity contribution in [3.63, 3.8) is 0 Å². The Morgan fingerprint density at radius 1 is 0.839 bits per heavy atom. The molecule has 154 valence electrons. The van der Waals surface area contributed by atoms with Crippen LogP contribution in [0.15, 0.2) is 24.3 Å². The summed E-state index contributed by atoms with van der Waals surface area (Å²) in [5.74, 6) is -1.67. The van der Waals surface area contributed by atoms with Crippen LogP contribution in [0.3, 0.4) is 0 Å². The predicted octanol–water partition coefficient (Wildman–Crippen LogP) is -0.773. The van der Waals surface area contributed by atoms with Crippen molar-refractivity contribution in [2.75, 3.05) is 11.5 Å². The normalized spacial score (nSPS) is 9.23. The van der Waals surface area contributed by atoms with Gasteiger partial charge in [-0.05, 0) is 0 Å². The van der Waals surface area contributed by atoms with E-state index in [1.807, 2.05) is 0 Å². The number of nitro benzene ring substituents is 2. The molecule has 31 heavy (non-hydrogen) atoms. The first-order valence-electron chi connectivity index (χ1n) is 8.33. The zero-order valence-electron chi connectivity index (χ0n) is 16.8. The van der Waals surface area contributed by atoms with Crippen LogP contribution in [0.5, 0.6) is 0 Å². The van der Waals surface area contributed by atoms with Crippen LogP contribution in [0.1, 0.15) is 13.8 Å². The van der Waals surface area contributed by atoms with Crippen molar-refractivity contribution in [2.45, 2.75) is 13.8 Å². The number of nitrogen functional groups attached to an aromatic ring is 2. The van der Waals surface area contributed by atoms with Crippen LogP contribution in [0, 0.1) is 20.2 Å². The van der Waals surface area contributed by atoms with Crippen molar-refractivity contribution < 1.29 is 106 Å². The predicted molar refractivity (Wildman–Crippen MR) is 100 cm³/mol. The molecule has 2 rings (SSSR count). The molecule has 0 spiro atoms. The average Bonchev–Trinajstić information content (AvgIpc) is 2.61. The fraction of sp³-hybridized carbons (Fsp3) is 0.125. The Kier molecular flexibility index (Phi) is 13.2. The minimum atomic E-state index is -2.13. The van der Waals surface area contributed by atoms with Gasteiger partial charge < -0.3 is 10.2 Å². The van der Waals surface area contributed by atoms with E-state index in [-0.39, 0.29) is 63.6 Å². The third-order valence-corrected chi connectivity index (χ3v) is 15.5. The molecule has 0 amide bonds. The molecule has 15 heteroatoms. The molecule has 0 heterocycles. The van der Waals surface area contributed by atoms with Gasteiger partial charge >= 0.3 is 178 Å². The van der Waals surface area contributed by atoms with E-state index in [4.69, 9.17) is 31.3 Å². The maximum absolute atomic E-state index is 11.0. The van der Waals surface area contributed by atoms with Gasteiger partial charge in [0.1, 0.15) is 0 Å². The van der Waals surface area contributed by atoms with Gasteiger partial charge in [0.05, 0.1) is 0 Å². The van der Waals surface area contributed by atoms with E-state index in [0.717, 1.165) is 26.1 Å². The van der Waals surface area contributed by atoms with Crippen molar-refractivity contribution in [1.29, 1.82) is 0 Å². The molecular formula is C16H16Hg3N4O8. The fourth-order valence-electron chi connectivity index (χ4n) is 2.23. The molecule has 0 atom stereocenters. The number of nitrogens with zero attached hydrogens (tertiary/aromatic N) is 2. The van der Waals surface area contributed by atoms with Gasteiger partial charge in [0.15, 0.2) is 0 Å². The first kappa shape index (κ1) is 29.6. The molecule has 0 aliphatic carbocycles. The number of hydrogen-bond donors (Lipinski definition) is 4. The Morgan fingerprint density at radius 2 is 1.10 bits per heavy atom. The van der Waals surface area contributed by atoms with E-state index in [1.165, 1.54) is 24.3 Å². The number of carbonyl (C=O) groups is 2. The second-order valence-corrected chi connectivity index (χ2v) is 19.3. The monoisotopic (exact) mass is 998 g/mol. The number of non-ortho nitro benzene ring substituents is 2. The number of benzene rings is 2. The third-order valence-electron chi connectivity index (χ3n) is 3.47. The number of rotatable bonds is 4. The van der Waals surface area contributed by atoms with Crippen molar-refractivity contribution in [3.05, 3.63) is 44.5 Å². The van der Waals surface area contributed by atoms with Crippen LogP contribution >= 0.6 is 0 Å². The number of carboxylic acids is 2. The minimum absolute atomic E-state index is 0.0399. The van der Waals surface area contributed by atoms with Crippen LogP contribution in [-0.2, 0) is 86.4 Å². The molecule has 0 fully saturated rings. The Hall–Kier alpha value is -1.41. The SMILES string of the molecule is CC(=O)O.CC(=O)O.Nc1[c]([Hg])cc([N+](=O)[O-])c[c]1[Hg][c]1cc([N+](=O)[O-])c[c]([Hg])c1N. The first-order valence-corrected chi connectivity index (χ1v) is 19.3. The van der Waals surface area contributed by atoms with E-state index >= 15 is 0 Å². The van der Waals surface area contributed by atoms with E-state index in [9.17, 15) is 20.2 Å². The molecule has 12 nitrogen and oxygen atoms in total. The van der Waals surface area contributed by atoms with Crippen LogP contribution in [-0.4, -0.2) is 32.0 Å². The summed E-state index contributed by atoms with van der Waals surface area (Å²) in [6.45, 7) is 2.17. The van der Waals surface area contributed by atoms with Crippen LogP contribution in [0.4, 0.5) is 22.7 Å². The van der Waals surface area contributed by atoms with Gasteiger partial charge in [0.25, 0.3) is 11.9 Å². The molecular weight excluding hydrogens is 978 g/mol. The van der Waals surface area contributed by atoms with Gasteiger partial charge in [-0.25, -0.2) is 0 Å². The standard InChI is InChI=1S/2C6H4N2O2.2C2H4O2.3Hg/c2*7-5-1-3-6(4-2-5)8(9)10;2*1-2(3)4;;;/h2*3-4H,7H2;2*1H3,(H,3,4);;;. The van der Waals surface area contributed by atoms with E-state index < -0.39 is 46.4 Å². The van der Waals surface area contributed by atoms with E-state index in [0.29, 0.717) is 11.4 Å². The number of hydrogen-bond acceptors (Lipinski definition) is 8. The topological polar surface area (TPSA) is 213 Å². The molecule has 0 unspecified atom stereocenters. The summed E-state index contributed by atoms with van der Waals surface area (Å²) in [5, 5.41) is 36.9. The van der Waals surface area contributed by atoms with Crippen LogP contribution < -0.4 is 23.8 Å². The Balaban J connectivity index is 0.000000967. The molecule has 0 aliphatic heterocycles. The molecule has 0 bridgehead atoms. The molecule has 0 saturated carbocycles. The van der Waals surface area contributed by atoms with Crippen LogP contribution in [0.2, 0.25) is 0 Å². The number of carboxylic acid groups (broad SMARTS) is 2. The Morgan fingerprint density at radius 3 is 1.32 bits per heavy atom. The summed E-state index contributed by atoms with van der Waals surface area (Å²) in [6, 6.07) is 6.08. The zero-order valence-corrected chi connectivity index (χ0v) is 33.3. The first-order chi connectivity index (χ1) is 14.2. The maximum atomic E-state index is 11.0. The second-order valence-electron chi connectivity index (χ2n) is 6.08. The van der Waals surface area contributed by atoms with Gasteiger partial charge in [0.2, 0.25) is 0 Å². The van der Waals surface area contributed by atoms with Gasteiger partial charge in [-0.2, -0.15) is 0 Å². The van der Waals surface area contributed by atoms with Crippen molar-refractivity contribution in [2.24, 2.45) is 0 Å². The van der Waals surface area contributed by atoms with Gasteiger partial charge in [-0.15, -0.1) is 0 Å². The fourth-order valence-corrected chi connectivity index (χ4v) is 20.4. The number of anilines is 2. The summed E-state index contributed by atoms with van der Waals surface area (Å²) >= 11 is -1.81. The summed E-state index contributed by atoms with van der Waals surface area (Å²) < 4.78 is 3.30. The molecule has 0 radical (unpaired) electrons. The zero-order chi connectivity index (χ0) is 24.5. The van der Waals surface area contributed by atoms with Crippen molar-refractivity contribution in [3.8, 4) is 0 Å². The summed E-state index contributed by atoms with van der Waals surface area (Å²) in [7, 11) is 0. The second kappa shape index (κ2) is 13.9. The summed E-state index contributed by atoms with van der Waals surface area (Å²) in [4.78, 5) is 39.2. The van der Waals surface area contributed by atoms with Gasteiger partial charge in [0, 0.05) is 13.8 Å². The molecule has 0 aliphatic rings. The Bertz CT molecular complexity index is 929. The summed E-state index contributed by atoms with van der Waals surface area (Å²) in [6.07, 6.45) is 0. The molecule has 0 saturated heterocycles. The van der Waals surface area contributed by atoms with E-state index in [1.54, 1.807) is 0 Å². The quantitative estimate of drug-likeness (QED) is 0.130. The van der Waals surface area contributed by atoms with E-state index in [2.05, 4.69) is 0 Å². The Labute approximate surface area is 221 Å². The average molecular weight is 994 g/mol. The molecule has 2 aromatic carbocycles. The number of aliphatic carboxylic acids is 2. The van der Waals surface area contributed by atoms with Gasteiger partial charge in [-0.1, -0.05) is 0 Å². The number of nitrogens with two attached hydrogens (primary N) is 2. The van der Waals surface area contributed by atoms with Crippen molar-refractivity contribution >= 4 is 47.0 Å². The van der Waals surface area contributed by atoms with Gasteiger partial charge in [-0.3, -0.25) is 9.59 Å². The summed E-state index contributed by atoms with van der Waals surface area (Å²) in [5.41, 5.74) is 13.5. The number of nitro groups is 2. The molecule has 0 aromatic heterocycles. The van der Waals surface area contributed by atoms with Crippen molar-refractivity contribution in [1.82, 2.24) is 0 Å². The third kappa shape index (κ3) is 11.1. The molecule has 2 aromatic rings. The van der Waals surface area contributed by atoms with Crippen LogP contribution in [0.25, 0.3) is 0 Å².